The van der Waals surface area contributed by atoms with Crippen LogP contribution in [-0.4, -0.2) is 50.2 Å². The maximum absolute atomic E-state index is 11.6. The van der Waals surface area contributed by atoms with E-state index in [-0.39, 0.29) is 6.54 Å². The van der Waals surface area contributed by atoms with Crippen LogP contribution in [0.3, 0.4) is 0 Å². The summed E-state index contributed by atoms with van der Waals surface area (Å²) in [6.45, 7) is 0.203. The minimum atomic E-state index is -1.04. The highest BCUT2D eigenvalue weighted by Crippen LogP contribution is 2.01. The van der Waals surface area contributed by atoms with Gasteiger partial charge < -0.3 is 15.7 Å². The fourth-order valence-corrected chi connectivity index (χ4v) is 1.82. The SMILES string of the molecule is CSCCC(NC(=O)NCc1cn(C)nn1)C(=O)O. The number of hydrogen-bond donors (Lipinski definition) is 3. The number of urea groups is 1. The topological polar surface area (TPSA) is 109 Å². The number of thioether (sulfide) groups is 1. The zero-order chi connectivity index (χ0) is 14.3. The van der Waals surface area contributed by atoms with Gasteiger partial charge in [-0.3, -0.25) is 4.68 Å². The number of carboxylic acids is 1. The highest BCUT2D eigenvalue weighted by Gasteiger charge is 2.19. The molecule has 0 aromatic carbocycles. The third kappa shape index (κ3) is 5.60. The monoisotopic (exact) mass is 287 g/mol. The molecule has 1 atom stereocenters. The standard InChI is InChI=1S/C10H17N5O3S/c1-15-6-7(13-14-15)5-11-10(18)12-8(9(16)17)3-4-19-2/h6,8H,3-5H2,1-2H3,(H,16,17)(H2,11,12,18). The number of nitrogens with one attached hydrogen (secondary N) is 2. The molecular formula is C10H17N5O3S. The van der Waals surface area contributed by atoms with Crippen molar-refractivity contribution in [2.45, 2.75) is 19.0 Å². The first-order valence-electron chi connectivity index (χ1n) is 5.64. The van der Waals surface area contributed by atoms with Crippen molar-refractivity contribution in [2.75, 3.05) is 12.0 Å². The van der Waals surface area contributed by atoms with Crippen LogP contribution in [0, 0.1) is 0 Å². The number of carbonyl (C=O) groups is 2. The summed E-state index contributed by atoms with van der Waals surface area (Å²) in [5.74, 6) is -0.370. The van der Waals surface area contributed by atoms with Gasteiger partial charge in [0, 0.05) is 13.2 Å². The fourth-order valence-electron chi connectivity index (χ4n) is 1.35. The molecular weight excluding hydrogens is 270 g/mol. The number of aromatic nitrogens is 3. The number of aryl methyl sites for hydroxylation is 1. The number of aliphatic carboxylic acids is 1. The van der Waals surface area contributed by atoms with E-state index in [1.807, 2.05) is 6.26 Å². The Labute approximate surface area is 114 Å². The summed E-state index contributed by atoms with van der Waals surface area (Å²) >= 11 is 1.53. The van der Waals surface area contributed by atoms with Gasteiger partial charge in [0.1, 0.15) is 11.7 Å². The average Bonchev–Trinajstić information content (AvgIpc) is 2.77. The molecule has 3 N–H and O–H groups in total. The van der Waals surface area contributed by atoms with Gasteiger partial charge in [-0.25, -0.2) is 9.59 Å². The summed E-state index contributed by atoms with van der Waals surface area (Å²) in [5.41, 5.74) is 0.605. The highest BCUT2D eigenvalue weighted by molar-refractivity contribution is 7.98. The number of nitrogens with zero attached hydrogens (tertiary/aromatic N) is 3. The van der Waals surface area contributed by atoms with E-state index < -0.39 is 18.0 Å². The molecule has 8 nitrogen and oxygen atoms in total. The van der Waals surface area contributed by atoms with Crippen molar-refractivity contribution in [3.63, 3.8) is 0 Å². The molecule has 0 saturated heterocycles. The zero-order valence-electron chi connectivity index (χ0n) is 10.8. The Morgan fingerprint density at radius 3 is 2.84 bits per heavy atom. The van der Waals surface area contributed by atoms with Gasteiger partial charge in [0.2, 0.25) is 0 Å². The van der Waals surface area contributed by atoms with E-state index in [2.05, 4.69) is 20.9 Å². The molecule has 2 amide bonds. The van der Waals surface area contributed by atoms with Gasteiger partial charge in [-0.1, -0.05) is 5.21 Å². The number of carbonyl (C=O) groups excluding carboxylic acids is 1. The molecule has 9 heteroatoms. The third-order valence-corrected chi connectivity index (χ3v) is 2.94. The molecule has 106 valence electrons. The Bertz CT molecular complexity index is 437. The van der Waals surface area contributed by atoms with Crippen LogP contribution in [0.4, 0.5) is 4.79 Å². The van der Waals surface area contributed by atoms with Gasteiger partial charge in [-0.15, -0.1) is 5.10 Å². The quantitative estimate of drug-likeness (QED) is 0.642. The van der Waals surface area contributed by atoms with Crippen LogP contribution in [0.15, 0.2) is 6.20 Å². The van der Waals surface area contributed by atoms with Crippen molar-refractivity contribution in [3.05, 3.63) is 11.9 Å². The van der Waals surface area contributed by atoms with E-state index in [4.69, 9.17) is 5.11 Å². The van der Waals surface area contributed by atoms with Crippen molar-refractivity contribution in [1.82, 2.24) is 25.6 Å². The normalized spacial score (nSPS) is 11.9. The molecule has 0 aliphatic heterocycles. The first-order chi connectivity index (χ1) is 9.02. The van der Waals surface area contributed by atoms with Gasteiger partial charge in [0.25, 0.3) is 0 Å². The molecule has 0 spiro atoms. The number of hydrogen-bond acceptors (Lipinski definition) is 5. The van der Waals surface area contributed by atoms with Crippen LogP contribution in [0.1, 0.15) is 12.1 Å². The Morgan fingerprint density at radius 2 is 2.32 bits per heavy atom. The lowest BCUT2D eigenvalue weighted by atomic mass is 10.2. The summed E-state index contributed by atoms with van der Waals surface area (Å²) in [6, 6.07) is -1.41. The summed E-state index contributed by atoms with van der Waals surface area (Å²) in [4.78, 5) is 22.5. The molecule has 0 saturated carbocycles. The smallest absolute Gasteiger partial charge is 0.326 e. The van der Waals surface area contributed by atoms with Crippen LogP contribution in [0.2, 0.25) is 0 Å². The Morgan fingerprint density at radius 1 is 1.58 bits per heavy atom. The zero-order valence-corrected chi connectivity index (χ0v) is 11.6. The van der Waals surface area contributed by atoms with Crippen molar-refractivity contribution in [3.8, 4) is 0 Å². The summed E-state index contributed by atoms with van der Waals surface area (Å²) in [6.07, 6.45) is 3.94. The van der Waals surface area contributed by atoms with Crippen LogP contribution in [0.25, 0.3) is 0 Å². The summed E-state index contributed by atoms with van der Waals surface area (Å²) < 4.78 is 1.52. The van der Waals surface area contributed by atoms with E-state index in [1.165, 1.54) is 16.4 Å². The second-order valence-electron chi connectivity index (χ2n) is 3.88. The van der Waals surface area contributed by atoms with Gasteiger partial charge in [0.15, 0.2) is 0 Å². The van der Waals surface area contributed by atoms with Crippen molar-refractivity contribution in [1.29, 1.82) is 0 Å². The van der Waals surface area contributed by atoms with Crippen LogP contribution in [-0.2, 0) is 18.4 Å². The second-order valence-corrected chi connectivity index (χ2v) is 4.87. The molecule has 1 rings (SSSR count). The molecule has 1 unspecified atom stereocenters. The first kappa shape index (κ1) is 15.3. The maximum atomic E-state index is 11.6. The number of amides is 2. The van der Waals surface area contributed by atoms with Gasteiger partial charge >= 0.3 is 12.0 Å². The van der Waals surface area contributed by atoms with Gasteiger partial charge in [-0.2, -0.15) is 11.8 Å². The predicted octanol–water partition coefficient (Wildman–Crippen LogP) is -0.179. The van der Waals surface area contributed by atoms with E-state index in [0.29, 0.717) is 17.9 Å². The van der Waals surface area contributed by atoms with Crippen LogP contribution in [0.5, 0.6) is 0 Å². The van der Waals surface area contributed by atoms with Crippen molar-refractivity contribution < 1.29 is 14.7 Å². The Kier molecular flexibility index (Phi) is 6.13. The lowest BCUT2D eigenvalue weighted by molar-refractivity contribution is -0.139. The van der Waals surface area contributed by atoms with Crippen LogP contribution >= 0.6 is 11.8 Å². The minimum Gasteiger partial charge on any atom is -0.480 e. The Hall–Kier alpha value is -1.77. The molecule has 0 radical (unpaired) electrons. The molecule has 0 aliphatic rings. The van der Waals surface area contributed by atoms with Crippen molar-refractivity contribution >= 4 is 23.8 Å². The molecule has 0 bridgehead atoms. The molecule has 1 aromatic rings. The second kappa shape index (κ2) is 7.62. The van der Waals surface area contributed by atoms with E-state index in [0.717, 1.165) is 0 Å². The fraction of sp³-hybridized carbons (Fsp3) is 0.600. The highest BCUT2D eigenvalue weighted by atomic mass is 32.2. The largest absolute Gasteiger partial charge is 0.480 e. The number of carboxylic acid groups (broad SMARTS) is 1. The maximum Gasteiger partial charge on any atom is 0.326 e. The lowest BCUT2D eigenvalue weighted by Gasteiger charge is -2.14. The van der Waals surface area contributed by atoms with Gasteiger partial charge in [-0.05, 0) is 18.4 Å². The lowest BCUT2D eigenvalue weighted by Crippen LogP contribution is -2.46. The molecule has 0 fully saturated rings. The van der Waals surface area contributed by atoms with Crippen LogP contribution < -0.4 is 10.6 Å². The predicted molar refractivity (Wildman–Crippen MR) is 70.8 cm³/mol. The van der Waals surface area contributed by atoms with E-state index in [1.54, 1.807) is 13.2 Å². The van der Waals surface area contributed by atoms with E-state index in [9.17, 15) is 9.59 Å². The molecule has 1 aromatic heterocycles. The van der Waals surface area contributed by atoms with E-state index >= 15 is 0 Å². The molecule has 1 heterocycles. The summed E-state index contributed by atoms with van der Waals surface area (Å²) in [7, 11) is 1.72. The summed E-state index contributed by atoms with van der Waals surface area (Å²) in [5, 5.41) is 21.4. The minimum absolute atomic E-state index is 0.203. The molecule has 0 aliphatic carbocycles. The van der Waals surface area contributed by atoms with Gasteiger partial charge in [0.05, 0.1) is 6.54 Å². The first-order valence-corrected chi connectivity index (χ1v) is 7.03. The third-order valence-electron chi connectivity index (χ3n) is 2.29. The molecule has 19 heavy (non-hydrogen) atoms. The Balaban J connectivity index is 2.37. The average molecular weight is 287 g/mol. The number of rotatable bonds is 7. The van der Waals surface area contributed by atoms with Crippen molar-refractivity contribution in [2.24, 2.45) is 7.05 Å².